The predicted octanol–water partition coefficient (Wildman–Crippen LogP) is 2.47. The summed E-state index contributed by atoms with van der Waals surface area (Å²) in [5.74, 6) is -0.789. The van der Waals surface area contributed by atoms with Gasteiger partial charge in [0.2, 0.25) is 5.82 Å². The van der Waals surface area contributed by atoms with Crippen molar-refractivity contribution in [3.05, 3.63) is 39.7 Å². The molecule has 110 valence electrons. The van der Waals surface area contributed by atoms with Crippen molar-refractivity contribution in [2.24, 2.45) is 0 Å². The Morgan fingerprint density at radius 3 is 2.90 bits per heavy atom. The van der Waals surface area contributed by atoms with E-state index in [4.69, 9.17) is 5.11 Å². The van der Waals surface area contributed by atoms with E-state index in [0.717, 1.165) is 37.8 Å². The third-order valence-corrected chi connectivity index (χ3v) is 3.81. The van der Waals surface area contributed by atoms with Gasteiger partial charge >= 0.3 is 5.69 Å². The molecule has 0 saturated carbocycles. The summed E-state index contributed by atoms with van der Waals surface area (Å²) in [7, 11) is 0. The van der Waals surface area contributed by atoms with Gasteiger partial charge in [-0.25, -0.2) is 0 Å². The molecule has 1 heterocycles. The Labute approximate surface area is 117 Å². The second-order valence-electron chi connectivity index (χ2n) is 5.18. The maximum Gasteiger partial charge on any atom is 0.304 e. The fourth-order valence-corrected chi connectivity index (χ4v) is 2.78. The molecule has 1 aliphatic heterocycles. The van der Waals surface area contributed by atoms with Crippen LogP contribution in [0.3, 0.4) is 0 Å². The standard InChI is InChI=1S/C14H19FN2O3/c15-13-9-11(4-5-14(13)17(19)20)10-16-7-2-1-3-12(16)6-8-18/h4-5,9,12,18H,1-3,6-8,10H2. The van der Waals surface area contributed by atoms with Gasteiger partial charge in [-0.15, -0.1) is 0 Å². The number of hydrogen-bond acceptors (Lipinski definition) is 4. The van der Waals surface area contributed by atoms with Crippen LogP contribution in [-0.2, 0) is 6.54 Å². The maximum atomic E-state index is 13.6. The van der Waals surface area contributed by atoms with Crippen LogP contribution in [0.4, 0.5) is 10.1 Å². The van der Waals surface area contributed by atoms with Crippen molar-refractivity contribution in [2.75, 3.05) is 13.2 Å². The summed E-state index contributed by atoms with van der Waals surface area (Å²) >= 11 is 0. The van der Waals surface area contributed by atoms with Gasteiger partial charge in [-0.05, 0) is 37.4 Å². The normalized spacial score (nSPS) is 20.0. The van der Waals surface area contributed by atoms with E-state index in [9.17, 15) is 14.5 Å². The van der Waals surface area contributed by atoms with Gasteiger partial charge in [0.05, 0.1) is 4.92 Å². The van der Waals surface area contributed by atoms with E-state index in [0.29, 0.717) is 12.6 Å². The highest BCUT2D eigenvalue weighted by Crippen LogP contribution is 2.24. The first-order chi connectivity index (χ1) is 9.61. The number of aliphatic hydroxyl groups excluding tert-OH is 1. The minimum absolute atomic E-state index is 0.149. The molecule has 0 aromatic heterocycles. The summed E-state index contributed by atoms with van der Waals surface area (Å²) < 4.78 is 13.6. The lowest BCUT2D eigenvalue weighted by Crippen LogP contribution is -2.39. The number of benzene rings is 1. The summed E-state index contributed by atoms with van der Waals surface area (Å²) in [5, 5.41) is 19.7. The van der Waals surface area contributed by atoms with E-state index >= 15 is 0 Å². The van der Waals surface area contributed by atoms with Gasteiger partial charge in [0.15, 0.2) is 0 Å². The topological polar surface area (TPSA) is 66.6 Å². The molecule has 1 atom stereocenters. The van der Waals surface area contributed by atoms with E-state index in [1.165, 1.54) is 12.1 Å². The van der Waals surface area contributed by atoms with Crippen molar-refractivity contribution in [3.8, 4) is 0 Å². The fourth-order valence-electron chi connectivity index (χ4n) is 2.78. The number of nitro groups is 1. The lowest BCUT2D eigenvalue weighted by atomic mass is 9.99. The maximum absolute atomic E-state index is 13.6. The van der Waals surface area contributed by atoms with Gasteiger partial charge in [-0.3, -0.25) is 15.0 Å². The third kappa shape index (κ3) is 3.52. The Balaban J connectivity index is 2.08. The number of rotatable bonds is 5. The molecule has 1 saturated heterocycles. The fraction of sp³-hybridized carbons (Fsp3) is 0.571. The van der Waals surface area contributed by atoms with Gasteiger partial charge in [0, 0.05) is 25.3 Å². The van der Waals surface area contributed by atoms with E-state index in [1.54, 1.807) is 6.07 Å². The molecule has 1 aromatic carbocycles. The summed E-state index contributed by atoms with van der Waals surface area (Å²) in [6.45, 7) is 1.64. The van der Waals surface area contributed by atoms with Crippen LogP contribution < -0.4 is 0 Å². The predicted molar refractivity (Wildman–Crippen MR) is 72.8 cm³/mol. The van der Waals surface area contributed by atoms with E-state index in [-0.39, 0.29) is 6.61 Å². The smallest absolute Gasteiger partial charge is 0.304 e. The number of hydrogen-bond donors (Lipinski definition) is 1. The second-order valence-corrected chi connectivity index (χ2v) is 5.18. The Kier molecular flexibility index (Phi) is 5.03. The number of halogens is 1. The van der Waals surface area contributed by atoms with E-state index in [1.807, 2.05) is 0 Å². The number of likely N-dealkylation sites (tertiary alicyclic amines) is 1. The third-order valence-electron chi connectivity index (χ3n) is 3.81. The molecule has 0 amide bonds. The summed E-state index contributed by atoms with van der Waals surface area (Å²) in [6, 6.07) is 4.37. The highest BCUT2D eigenvalue weighted by Gasteiger charge is 2.22. The van der Waals surface area contributed by atoms with E-state index < -0.39 is 16.4 Å². The van der Waals surface area contributed by atoms with Crippen LogP contribution in [0.2, 0.25) is 0 Å². The molecule has 0 radical (unpaired) electrons. The molecule has 1 N–H and O–H groups in total. The van der Waals surface area contributed by atoms with Gasteiger partial charge in [-0.2, -0.15) is 4.39 Å². The lowest BCUT2D eigenvalue weighted by molar-refractivity contribution is -0.387. The van der Waals surface area contributed by atoms with Crippen molar-refractivity contribution >= 4 is 5.69 Å². The zero-order valence-corrected chi connectivity index (χ0v) is 11.3. The first-order valence-corrected chi connectivity index (χ1v) is 6.89. The largest absolute Gasteiger partial charge is 0.396 e. The molecule has 6 heteroatoms. The molecule has 1 aromatic rings. The van der Waals surface area contributed by atoms with Gasteiger partial charge in [-0.1, -0.05) is 12.5 Å². The second kappa shape index (κ2) is 6.76. The highest BCUT2D eigenvalue weighted by molar-refractivity contribution is 5.35. The van der Waals surface area contributed by atoms with Crippen LogP contribution >= 0.6 is 0 Å². The quantitative estimate of drug-likeness (QED) is 0.665. The van der Waals surface area contributed by atoms with Gasteiger partial charge in [0.25, 0.3) is 0 Å². The van der Waals surface area contributed by atoms with Crippen molar-refractivity contribution in [3.63, 3.8) is 0 Å². The molecule has 2 rings (SSSR count). The zero-order chi connectivity index (χ0) is 14.5. The van der Waals surface area contributed by atoms with E-state index in [2.05, 4.69) is 4.90 Å². The van der Waals surface area contributed by atoms with Crippen LogP contribution in [0.25, 0.3) is 0 Å². The molecule has 20 heavy (non-hydrogen) atoms. The van der Waals surface area contributed by atoms with Gasteiger partial charge < -0.3 is 5.11 Å². The number of nitro benzene ring substituents is 1. The Morgan fingerprint density at radius 1 is 1.45 bits per heavy atom. The first kappa shape index (κ1) is 14.9. The number of nitrogens with zero attached hydrogens (tertiary/aromatic N) is 2. The number of aliphatic hydroxyl groups is 1. The van der Waals surface area contributed by atoms with Crippen molar-refractivity contribution in [2.45, 2.75) is 38.3 Å². The Morgan fingerprint density at radius 2 is 2.25 bits per heavy atom. The van der Waals surface area contributed by atoms with Crippen LogP contribution in [0, 0.1) is 15.9 Å². The monoisotopic (exact) mass is 282 g/mol. The SMILES string of the molecule is O=[N+]([O-])c1ccc(CN2CCCCC2CCO)cc1F. The molecule has 1 fully saturated rings. The zero-order valence-electron chi connectivity index (χ0n) is 11.3. The Bertz CT molecular complexity index is 479. The molecule has 0 bridgehead atoms. The average Bonchev–Trinajstić information content (AvgIpc) is 2.41. The average molecular weight is 282 g/mol. The summed E-state index contributed by atoms with van der Waals surface area (Å²) in [5.41, 5.74) is 0.247. The Hall–Kier alpha value is -1.53. The lowest BCUT2D eigenvalue weighted by Gasteiger charge is -2.35. The van der Waals surface area contributed by atoms with Gasteiger partial charge in [0.1, 0.15) is 0 Å². The van der Waals surface area contributed by atoms with Crippen molar-refractivity contribution in [1.82, 2.24) is 4.90 Å². The number of piperidine rings is 1. The van der Waals surface area contributed by atoms with Crippen LogP contribution in [0.15, 0.2) is 18.2 Å². The van der Waals surface area contributed by atoms with Crippen LogP contribution in [-0.4, -0.2) is 34.1 Å². The molecule has 5 nitrogen and oxygen atoms in total. The highest BCUT2D eigenvalue weighted by atomic mass is 19.1. The minimum Gasteiger partial charge on any atom is -0.396 e. The first-order valence-electron chi connectivity index (χ1n) is 6.89. The minimum atomic E-state index is -0.789. The summed E-state index contributed by atoms with van der Waals surface area (Å²) in [6.07, 6.45) is 4.00. The summed E-state index contributed by atoms with van der Waals surface area (Å²) in [4.78, 5) is 12.1. The molecule has 0 spiro atoms. The van der Waals surface area contributed by atoms with Crippen molar-refractivity contribution in [1.29, 1.82) is 0 Å². The van der Waals surface area contributed by atoms with Crippen molar-refractivity contribution < 1.29 is 14.4 Å². The molecule has 1 unspecified atom stereocenters. The molecular weight excluding hydrogens is 263 g/mol. The molecule has 1 aliphatic rings. The van der Waals surface area contributed by atoms with Crippen LogP contribution in [0.5, 0.6) is 0 Å². The molecule has 0 aliphatic carbocycles. The van der Waals surface area contributed by atoms with Crippen LogP contribution in [0.1, 0.15) is 31.2 Å². The molecular formula is C14H19FN2O3.